The first-order chi connectivity index (χ1) is 13.5. The van der Waals surface area contributed by atoms with Gasteiger partial charge in [-0.05, 0) is 32.3 Å². The fourth-order valence-electron chi connectivity index (χ4n) is 3.35. The average molecular weight is 384 g/mol. The Morgan fingerprint density at radius 2 is 2.00 bits per heavy atom. The Morgan fingerprint density at radius 3 is 2.64 bits per heavy atom. The highest BCUT2D eigenvalue weighted by atomic mass is 16.5. The third kappa shape index (κ3) is 4.14. The number of esters is 1. The summed E-state index contributed by atoms with van der Waals surface area (Å²) in [6.07, 6.45) is 1.75. The number of carbonyl (C=O) groups excluding carboxylic acids is 3. The predicted molar refractivity (Wildman–Crippen MR) is 103 cm³/mol. The highest BCUT2D eigenvalue weighted by Gasteiger charge is 2.30. The molecule has 1 aliphatic rings. The van der Waals surface area contributed by atoms with Crippen molar-refractivity contribution in [1.82, 2.24) is 10.3 Å². The highest BCUT2D eigenvalue weighted by molar-refractivity contribution is 6.43. The number of H-pyrrole nitrogens is 1. The van der Waals surface area contributed by atoms with E-state index in [-0.39, 0.29) is 30.5 Å². The van der Waals surface area contributed by atoms with Crippen molar-refractivity contribution in [2.75, 3.05) is 19.8 Å². The first-order valence-electron chi connectivity index (χ1n) is 9.42. The number of hydrogen-bond donors (Lipinski definition) is 2. The number of ether oxygens (including phenoxy) is 2. The summed E-state index contributed by atoms with van der Waals surface area (Å²) in [5.41, 5.74) is 1.87. The van der Waals surface area contributed by atoms with Crippen LogP contribution in [0.5, 0.6) is 0 Å². The van der Waals surface area contributed by atoms with Gasteiger partial charge in [0.1, 0.15) is 5.69 Å². The summed E-state index contributed by atoms with van der Waals surface area (Å²) in [5.74, 6) is -1.99. The highest BCUT2D eigenvalue weighted by Crippen LogP contribution is 2.31. The Kier molecular flexibility index (Phi) is 6.26. The molecule has 2 aromatic rings. The molecule has 3 rings (SSSR count). The molecular formula is C21H24N2O5. The topological polar surface area (TPSA) is 97.5 Å². The quantitative estimate of drug-likeness (QED) is 0.434. The van der Waals surface area contributed by atoms with Crippen LogP contribution in [0, 0.1) is 6.92 Å². The Bertz CT molecular complexity index is 866. The van der Waals surface area contributed by atoms with Crippen molar-refractivity contribution in [3.63, 3.8) is 0 Å². The van der Waals surface area contributed by atoms with Crippen LogP contribution in [0.3, 0.4) is 0 Å². The second kappa shape index (κ2) is 8.84. The minimum atomic E-state index is -0.732. The van der Waals surface area contributed by atoms with Crippen molar-refractivity contribution < 1.29 is 23.9 Å². The molecule has 1 atom stereocenters. The lowest BCUT2D eigenvalue weighted by Crippen LogP contribution is -2.36. The summed E-state index contributed by atoms with van der Waals surface area (Å²) in [5, 5.41) is 2.63. The Labute approximate surface area is 163 Å². The van der Waals surface area contributed by atoms with E-state index in [9.17, 15) is 14.4 Å². The third-order valence-corrected chi connectivity index (χ3v) is 4.68. The summed E-state index contributed by atoms with van der Waals surface area (Å²) >= 11 is 0. The zero-order chi connectivity index (χ0) is 20.1. The standard InChI is InChI=1S/C21H24N2O5/c1-3-27-21(26)16-13(2)23-18(17(16)14-8-5-4-6-9-14)19(24)20(25)22-12-15-10-7-11-28-15/h4-6,8-9,15,23H,3,7,10-12H2,1-2H3,(H,22,25)/t15-/m0/s1. The maximum atomic E-state index is 12.9. The molecule has 1 fully saturated rings. The van der Waals surface area contributed by atoms with E-state index >= 15 is 0 Å². The van der Waals surface area contributed by atoms with E-state index < -0.39 is 17.7 Å². The van der Waals surface area contributed by atoms with Gasteiger partial charge in [-0.15, -0.1) is 0 Å². The largest absolute Gasteiger partial charge is 0.462 e. The average Bonchev–Trinajstić information content (AvgIpc) is 3.34. The van der Waals surface area contributed by atoms with Gasteiger partial charge in [-0.3, -0.25) is 9.59 Å². The van der Waals surface area contributed by atoms with Crippen LogP contribution in [0.25, 0.3) is 11.1 Å². The molecule has 0 unspecified atom stereocenters. The van der Waals surface area contributed by atoms with Gasteiger partial charge >= 0.3 is 5.97 Å². The SMILES string of the molecule is CCOC(=O)c1c(C)[nH]c(C(=O)C(=O)NC[C@@H]2CCCO2)c1-c1ccccc1. The minimum absolute atomic E-state index is 0.0641. The molecule has 1 saturated heterocycles. The van der Waals surface area contributed by atoms with Crippen molar-refractivity contribution in [1.29, 1.82) is 0 Å². The van der Waals surface area contributed by atoms with Gasteiger partial charge in [-0.2, -0.15) is 0 Å². The van der Waals surface area contributed by atoms with Crippen LogP contribution in [-0.4, -0.2) is 48.5 Å². The van der Waals surface area contributed by atoms with Crippen molar-refractivity contribution in [2.24, 2.45) is 0 Å². The number of rotatable bonds is 7. The smallest absolute Gasteiger partial charge is 0.340 e. The number of nitrogens with one attached hydrogen (secondary N) is 2. The van der Waals surface area contributed by atoms with Gasteiger partial charge in [0.25, 0.3) is 11.7 Å². The molecule has 148 valence electrons. The van der Waals surface area contributed by atoms with E-state index in [1.807, 2.05) is 6.07 Å². The van der Waals surface area contributed by atoms with Gasteiger partial charge in [-0.25, -0.2) is 4.79 Å². The third-order valence-electron chi connectivity index (χ3n) is 4.68. The summed E-state index contributed by atoms with van der Waals surface area (Å²) in [6.45, 7) is 4.57. The second-order valence-corrected chi connectivity index (χ2v) is 6.64. The number of Topliss-reactive ketones (excluding diaryl/α,β-unsaturated/α-hetero) is 1. The van der Waals surface area contributed by atoms with Gasteiger partial charge in [0.15, 0.2) is 0 Å². The van der Waals surface area contributed by atoms with Crippen molar-refractivity contribution >= 4 is 17.7 Å². The van der Waals surface area contributed by atoms with E-state index in [0.29, 0.717) is 23.4 Å². The monoisotopic (exact) mass is 384 g/mol. The molecule has 0 saturated carbocycles. The molecule has 0 radical (unpaired) electrons. The van der Waals surface area contributed by atoms with Crippen LogP contribution in [0.2, 0.25) is 0 Å². The van der Waals surface area contributed by atoms with Crippen LogP contribution in [0.1, 0.15) is 46.3 Å². The van der Waals surface area contributed by atoms with Crippen LogP contribution < -0.4 is 5.32 Å². The zero-order valence-corrected chi connectivity index (χ0v) is 16.0. The molecule has 2 N–H and O–H groups in total. The molecule has 28 heavy (non-hydrogen) atoms. The lowest BCUT2D eigenvalue weighted by molar-refractivity contribution is -0.117. The normalized spacial score (nSPS) is 16.0. The fraction of sp³-hybridized carbons (Fsp3) is 0.381. The van der Waals surface area contributed by atoms with Gasteiger partial charge < -0.3 is 19.8 Å². The van der Waals surface area contributed by atoms with Crippen molar-refractivity contribution in [2.45, 2.75) is 32.8 Å². The van der Waals surface area contributed by atoms with E-state index in [0.717, 1.165) is 12.8 Å². The number of benzene rings is 1. The van der Waals surface area contributed by atoms with Crippen molar-refractivity contribution in [3.8, 4) is 11.1 Å². The van der Waals surface area contributed by atoms with Crippen LogP contribution >= 0.6 is 0 Å². The molecular weight excluding hydrogens is 360 g/mol. The van der Waals surface area contributed by atoms with Crippen LogP contribution in [0.15, 0.2) is 30.3 Å². The fourth-order valence-corrected chi connectivity index (χ4v) is 3.35. The molecule has 1 aromatic carbocycles. The number of amides is 1. The summed E-state index contributed by atoms with van der Waals surface area (Å²) in [7, 11) is 0. The molecule has 2 heterocycles. The van der Waals surface area contributed by atoms with E-state index in [1.54, 1.807) is 38.1 Å². The number of aromatic amines is 1. The molecule has 7 nitrogen and oxygen atoms in total. The predicted octanol–water partition coefficient (Wildman–Crippen LogP) is 2.64. The number of ketones is 1. The zero-order valence-electron chi connectivity index (χ0n) is 16.0. The Balaban J connectivity index is 1.93. The van der Waals surface area contributed by atoms with E-state index in [2.05, 4.69) is 10.3 Å². The number of aromatic nitrogens is 1. The summed E-state index contributed by atoms with van der Waals surface area (Å²) in [4.78, 5) is 40.7. The van der Waals surface area contributed by atoms with E-state index in [1.165, 1.54) is 0 Å². The van der Waals surface area contributed by atoms with Gasteiger partial charge in [0.2, 0.25) is 0 Å². The lowest BCUT2D eigenvalue weighted by Gasteiger charge is -2.11. The maximum Gasteiger partial charge on any atom is 0.340 e. The molecule has 1 aromatic heterocycles. The van der Waals surface area contributed by atoms with Gasteiger partial charge in [-0.1, -0.05) is 30.3 Å². The maximum absolute atomic E-state index is 12.9. The molecule has 1 aliphatic heterocycles. The molecule has 7 heteroatoms. The lowest BCUT2D eigenvalue weighted by atomic mass is 9.98. The van der Waals surface area contributed by atoms with Gasteiger partial charge in [0.05, 0.1) is 18.3 Å². The number of carbonyl (C=O) groups is 3. The summed E-state index contributed by atoms with van der Waals surface area (Å²) < 4.78 is 10.6. The minimum Gasteiger partial charge on any atom is -0.462 e. The first kappa shape index (κ1) is 19.8. The molecule has 1 amide bonds. The van der Waals surface area contributed by atoms with Crippen molar-refractivity contribution in [3.05, 3.63) is 47.3 Å². The van der Waals surface area contributed by atoms with Crippen LogP contribution in [0.4, 0.5) is 0 Å². The number of aryl methyl sites for hydroxylation is 1. The molecule has 0 bridgehead atoms. The number of hydrogen-bond acceptors (Lipinski definition) is 5. The first-order valence-corrected chi connectivity index (χ1v) is 9.42. The van der Waals surface area contributed by atoms with Crippen LogP contribution in [-0.2, 0) is 14.3 Å². The second-order valence-electron chi connectivity index (χ2n) is 6.64. The summed E-state index contributed by atoms with van der Waals surface area (Å²) in [6, 6.07) is 9.01. The molecule has 0 aliphatic carbocycles. The Hall–Kier alpha value is -2.93. The molecule has 0 spiro atoms. The Morgan fingerprint density at radius 1 is 1.25 bits per heavy atom. The van der Waals surface area contributed by atoms with Gasteiger partial charge in [0, 0.05) is 24.4 Å². The van der Waals surface area contributed by atoms with E-state index in [4.69, 9.17) is 9.47 Å².